The van der Waals surface area contributed by atoms with Gasteiger partial charge in [-0.25, -0.2) is 4.98 Å². The summed E-state index contributed by atoms with van der Waals surface area (Å²) in [5.41, 5.74) is 0.996. The number of hydrogen-bond donors (Lipinski definition) is 1. The summed E-state index contributed by atoms with van der Waals surface area (Å²) in [7, 11) is 0. The van der Waals surface area contributed by atoms with Crippen molar-refractivity contribution in [3.05, 3.63) is 18.1 Å². The van der Waals surface area contributed by atoms with Gasteiger partial charge in [-0.2, -0.15) is 0 Å². The zero-order chi connectivity index (χ0) is 14.1. The molecule has 0 amide bonds. The van der Waals surface area contributed by atoms with Gasteiger partial charge < -0.3 is 10.1 Å². The summed E-state index contributed by atoms with van der Waals surface area (Å²) < 4.78 is 5.52. The highest BCUT2D eigenvalue weighted by atomic mass is 16.5. The van der Waals surface area contributed by atoms with E-state index in [9.17, 15) is 0 Å². The van der Waals surface area contributed by atoms with Crippen LogP contribution in [0.2, 0.25) is 0 Å². The van der Waals surface area contributed by atoms with Crippen molar-refractivity contribution in [1.29, 1.82) is 0 Å². The molecule has 1 atom stereocenters. The molecule has 108 valence electrons. The second-order valence-electron chi connectivity index (χ2n) is 5.21. The molecule has 0 radical (unpaired) electrons. The van der Waals surface area contributed by atoms with Gasteiger partial charge in [-0.05, 0) is 25.3 Å². The molecule has 1 aromatic heterocycles. The monoisotopic (exact) mass is 265 g/mol. The molecule has 0 aromatic carbocycles. The lowest BCUT2D eigenvalue weighted by atomic mass is 9.99. The van der Waals surface area contributed by atoms with Crippen LogP contribution in [0, 0.1) is 5.92 Å². The van der Waals surface area contributed by atoms with E-state index in [0.29, 0.717) is 24.4 Å². The molecule has 0 bridgehead atoms. The molecule has 1 N–H and O–H groups in total. The summed E-state index contributed by atoms with van der Waals surface area (Å²) >= 11 is 0. The third-order valence-electron chi connectivity index (χ3n) is 3.01. The number of ether oxygens (including phenoxy) is 1. The molecule has 0 saturated carbocycles. The SMILES string of the molecule is CCCNC(Cc1cncc(OCCC)n1)C(C)C. The molecule has 1 aromatic rings. The number of aromatic nitrogens is 2. The van der Waals surface area contributed by atoms with Crippen LogP contribution in [0.1, 0.15) is 46.2 Å². The second-order valence-corrected chi connectivity index (χ2v) is 5.21. The quantitative estimate of drug-likeness (QED) is 0.746. The summed E-state index contributed by atoms with van der Waals surface area (Å²) in [6.07, 6.45) is 6.55. The zero-order valence-corrected chi connectivity index (χ0v) is 12.6. The predicted molar refractivity (Wildman–Crippen MR) is 78.4 cm³/mol. The van der Waals surface area contributed by atoms with Gasteiger partial charge in [-0.3, -0.25) is 4.98 Å². The van der Waals surface area contributed by atoms with Gasteiger partial charge in [-0.15, -0.1) is 0 Å². The predicted octanol–water partition coefficient (Wildman–Crippen LogP) is 2.83. The number of hydrogen-bond acceptors (Lipinski definition) is 4. The molecule has 4 heteroatoms. The smallest absolute Gasteiger partial charge is 0.232 e. The van der Waals surface area contributed by atoms with Crippen molar-refractivity contribution in [2.45, 2.75) is 53.0 Å². The van der Waals surface area contributed by atoms with Crippen molar-refractivity contribution in [3.63, 3.8) is 0 Å². The fourth-order valence-corrected chi connectivity index (χ4v) is 1.86. The largest absolute Gasteiger partial charge is 0.477 e. The molecular weight excluding hydrogens is 238 g/mol. The summed E-state index contributed by atoms with van der Waals surface area (Å²) in [6, 6.07) is 0.440. The van der Waals surface area contributed by atoms with Gasteiger partial charge in [0.05, 0.1) is 18.5 Å². The molecule has 0 aliphatic carbocycles. The minimum absolute atomic E-state index is 0.440. The Balaban J connectivity index is 2.62. The van der Waals surface area contributed by atoms with Crippen molar-refractivity contribution >= 4 is 0 Å². The lowest BCUT2D eigenvalue weighted by Gasteiger charge is -2.22. The van der Waals surface area contributed by atoms with Crippen LogP contribution in [-0.4, -0.2) is 29.2 Å². The maximum Gasteiger partial charge on any atom is 0.232 e. The lowest BCUT2D eigenvalue weighted by Crippen LogP contribution is -2.36. The fourth-order valence-electron chi connectivity index (χ4n) is 1.86. The Morgan fingerprint density at radius 1 is 1.21 bits per heavy atom. The Kier molecular flexibility index (Phi) is 7.41. The summed E-state index contributed by atoms with van der Waals surface area (Å²) in [6.45, 7) is 10.5. The number of rotatable bonds is 9. The fraction of sp³-hybridized carbons (Fsp3) is 0.733. The van der Waals surface area contributed by atoms with E-state index in [0.717, 1.165) is 31.5 Å². The van der Waals surface area contributed by atoms with Crippen molar-refractivity contribution in [2.75, 3.05) is 13.2 Å². The molecule has 0 saturated heterocycles. The van der Waals surface area contributed by atoms with Crippen LogP contribution in [-0.2, 0) is 6.42 Å². The first kappa shape index (κ1) is 15.9. The average Bonchev–Trinajstić information content (AvgIpc) is 2.41. The Bertz CT molecular complexity index is 355. The normalized spacial score (nSPS) is 12.7. The van der Waals surface area contributed by atoms with Crippen LogP contribution in [0.25, 0.3) is 0 Å². The standard InChI is InChI=1S/C15H27N3O/c1-5-7-17-14(12(3)4)9-13-10-16-11-15(18-13)19-8-6-2/h10-12,14,17H,5-9H2,1-4H3. The molecule has 0 aliphatic heterocycles. The van der Waals surface area contributed by atoms with Gasteiger partial charge in [0.1, 0.15) is 0 Å². The van der Waals surface area contributed by atoms with E-state index in [-0.39, 0.29) is 0 Å². The molecule has 0 fully saturated rings. The van der Waals surface area contributed by atoms with E-state index >= 15 is 0 Å². The van der Waals surface area contributed by atoms with Crippen LogP contribution in [0.3, 0.4) is 0 Å². The highest BCUT2D eigenvalue weighted by Gasteiger charge is 2.14. The minimum atomic E-state index is 0.440. The van der Waals surface area contributed by atoms with E-state index in [2.05, 4.69) is 43.0 Å². The third kappa shape index (κ3) is 6.01. The topological polar surface area (TPSA) is 47.0 Å². The lowest BCUT2D eigenvalue weighted by molar-refractivity contribution is 0.301. The molecular formula is C15H27N3O. The van der Waals surface area contributed by atoms with Gasteiger partial charge in [0.15, 0.2) is 0 Å². The first-order chi connectivity index (χ1) is 9.17. The summed E-state index contributed by atoms with van der Waals surface area (Å²) in [4.78, 5) is 8.73. The van der Waals surface area contributed by atoms with Gasteiger partial charge in [0.25, 0.3) is 0 Å². The van der Waals surface area contributed by atoms with E-state index in [4.69, 9.17) is 4.74 Å². The molecule has 1 heterocycles. The molecule has 19 heavy (non-hydrogen) atoms. The molecule has 1 unspecified atom stereocenters. The molecule has 4 nitrogen and oxygen atoms in total. The van der Waals surface area contributed by atoms with Crippen molar-refractivity contribution in [3.8, 4) is 5.88 Å². The highest BCUT2D eigenvalue weighted by Crippen LogP contribution is 2.11. The molecule has 0 aliphatic rings. The highest BCUT2D eigenvalue weighted by molar-refractivity contribution is 5.09. The van der Waals surface area contributed by atoms with Crippen LogP contribution < -0.4 is 10.1 Å². The first-order valence-corrected chi connectivity index (χ1v) is 7.34. The number of nitrogens with zero attached hydrogens (tertiary/aromatic N) is 2. The second kappa shape index (κ2) is 8.86. The first-order valence-electron chi connectivity index (χ1n) is 7.34. The molecule has 1 rings (SSSR count). The summed E-state index contributed by atoms with van der Waals surface area (Å²) in [5, 5.41) is 3.57. The van der Waals surface area contributed by atoms with E-state index in [1.54, 1.807) is 6.20 Å². The molecule has 0 spiro atoms. The van der Waals surface area contributed by atoms with Crippen LogP contribution in [0.5, 0.6) is 5.88 Å². The minimum Gasteiger partial charge on any atom is -0.477 e. The Hall–Kier alpha value is -1.16. The maximum absolute atomic E-state index is 5.52. The maximum atomic E-state index is 5.52. The van der Waals surface area contributed by atoms with Gasteiger partial charge in [0.2, 0.25) is 5.88 Å². The van der Waals surface area contributed by atoms with E-state index in [1.165, 1.54) is 0 Å². The van der Waals surface area contributed by atoms with Crippen LogP contribution in [0.15, 0.2) is 12.4 Å². The van der Waals surface area contributed by atoms with E-state index in [1.807, 2.05) is 6.20 Å². The Morgan fingerprint density at radius 3 is 2.63 bits per heavy atom. The van der Waals surface area contributed by atoms with Crippen molar-refractivity contribution in [1.82, 2.24) is 15.3 Å². The van der Waals surface area contributed by atoms with Gasteiger partial charge in [0, 0.05) is 18.7 Å². The van der Waals surface area contributed by atoms with Gasteiger partial charge in [-0.1, -0.05) is 27.7 Å². The van der Waals surface area contributed by atoms with Crippen molar-refractivity contribution in [2.24, 2.45) is 5.92 Å². The summed E-state index contributed by atoms with van der Waals surface area (Å²) in [5.74, 6) is 1.21. The van der Waals surface area contributed by atoms with Crippen molar-refractivity contribution < 1.29 is 4.74 Å². The Labute approximate surface area is 117 Å². The van der Waals surface area contributed by atoms with Crippen LogP contribution >= 0.6 is 0 Å². The van der Waals surface area contributed by atoms with Gasteiger partial charge >= 0.3 is 0 Å². The number of nitrogens with one attached hydrogen (secondary N) is 1. The third-order valence-corrected chi connectivity index (χ3v) is 3.01. The van der Waals surface area contributed by atoms with E-state index < -0.39 is 0 Å². The Morgan fingerprint density at radius 2 is 2.00 bits per heavy atom. The average molecular weight is 265 g/mol. The zero-order valence-electron chi connectivity index (χ0n) is 12.6. The van der Waals surface area contributed by atoms with Crippen LogP contribution in [0.4, 0.5) is 0 Å².